The summed E-state index contributed by atoms with van der Waals surface area (Å²) in [4.78, 5) is 11.7. The van der Waals surface area contributed by atoms with Crippen molar-refractivity contribution in [3.63, 3.8) is 0 Å². The number of hydrogen-bond acceptors (Lipinski definition) is 2. The highest BCUT2D eigenvalue weighted by Gasteiger charge is 2.28. The van der Waals surface area contributed by atoms with Crippen molar-refractivity contribution in [2.75, 3.05) is 11.1 Å². The van der Waals surface area contributed by atoms with E-state index in [9.17, 15) is 9.00 Å². The van der Waals surface area contributed by atoms with Gasteiger partial charge in [0.15, 0.2) is 30.0 Å². The number of amides is 1. The van der Waals surface area contributed by atoms with Crippen molar-refractivity contribution in [2.24, 2.45) is 0 Å². The third-order valence-electron chi connectivity index (χ3n) is 1.90. The van der Waals surface area contributed by atoms with Gasteiger partial charge < -0.3 is 9.87 Å². The summed E-state index contributed by atoms with van der Waals surface area (Å²) in [6, 6.07) is 3.47. The molecule has 0 bridgehead atoms. The van der Waals surface area contributed by atoms with Crippen LogP contribution in [-0.4, -0.2) is 22.6 Å². The lowest BCUT2D eigenvalue weighted by atomic mass is 10.4. The molecule has 0 aromatic carbocycles. The van der Waals surface area contributed by atoms with Gasteiger partial charge in [0.1, 0.15) is 11.4 Å². The Bertz CT molecular complexity index is 465. The fourth-order valence-electron chi connectivity index (χ4n) is 1.12. The van der Waals surface area contributed by atoms with E-state index in [0.29, 0.717) is 12.2 Å². The van der Waals surface area contributed by atoms with Gasteiger partial charge in [0.25, 0.3) is 5.91 Å². The number of aromatic nitrogens is 1. The van der Waals surface area contributed by atoms with Crippen molar-refractivity contribution in [3.05, 3.63) is 24.5 Å². The summed E-state index contributed by atoms with van der Waals surface area (Å²) in [5, 5.41) is 2.67. The quantitative estimate of drug-likeness (QED) is 0.406. The molecule has 1 atom stereocenters. The van der Waals surface area contributed by atoms with Gasteiger partial charge in [0.2, 0.25) is 2.14 Å². The van der Waals surface area contributed by atoms with E-state index in [2.05, 4.69) is 53.1 Å². The minimum Gasteiger partial charge on any atom is -0.318 e. The highest BCUT2D eigenvalue weighted by atomic mass is 80.0. The molecule has 2 N–H and O–H groups in total. The van der Waals surface area contributed by atoms with E-state index in [-0.39, 0.29) is 11.7 Å². The molecule has 1 aromatic heterocycles. The van der Waals surface area contributed by atoms with E-state index in [1.165, 1.54) is 0 Å². The van der Waals surface area contributed by atoms with Gasteiger partial charge in [0, 0.05) is 6.07 Å². The zero-order valence-corrected chi connectivity index (χ0v) is 14.6. The molecule has 1 rings (SSSR count). The lowest BCUT2D eigenvalue weighted by Crippen LogP contribution is -2.36. The predicted molar refractivity (Wildman–Crippen MR) is 80.4 cm³/mol. The van der Waals surface area contributed by atoms with Crippen LogP contribution in [-0.2, 0) is 22.4 Å². The first-order valence-electron chi connectivity index (χ1n) is 4.74. The first-order chi connectivity index (χ1) is 8.29. The molecule has 1 aromatic rings. The van der Waals surface area contributed by atoms with Gasteiger partial charge in [-0.2, -0.15) is 0 Å². The molecule has 9 heteroatoms. The summed E-state index contributed by atoms with van der Waals surface area (Å²) in [7, 11) is 0. The van der Waals surface area contributed by atoms with Crippen molar-refractivity contribution >= 4 is 70.5 Å². The van der Waals surface area contributed by atoms with E-state index in [4.69, 9.17) is 4.55 Å². The van der Waals surface area contributed by atoms with Gasteiger partial charge in [-0.1, -0.05) is 0 Å². The normalized spacial score (nSPS) is 13.1. The van der Waals surface area contributed by atoms with Crippen LogP contribution in [0.3, 0.4) is 0 Å². The summed E-state index contributed by atoms with van der Waals surface area (Å²) in [5.74, 6) is -0.174. The second-order valence-electron chi connectivity index (χ2n) is 3.31. The predicted octanol–water partition coefficient (Wildman–Crippen LogP) is 1.97. The smallest absolute Gasteiger partial charge is 0.263 e. The maximum atomic E-state index is 11.7. The number of anilines is 1. The second kappa shape index (κ2) is 7.09. The summed E-state index contributed by atoms with van der Waals surface area (Å²) < 4.78 is 20.0. The molecule has 0 fully saturated rings. The Kier molecular flexibility index (Phi) is 6.39. The number of halogens is 3. The van der Waals surface area contributed by atoms with Gasteiger partial charge in [0.05, 0.1) is 0 Å². The lowest BCUT2D eigenvalue weighted by Gasteiger charge is -2.11. The number of nitrogens with zero attached hydrogens (tertiary/aromatic N) is 1. The monoisotopic (exact) mass is 463 g/mol. The number of alkyl halides is 3. The maximum absolute atomic E-state index is 11.7. The largest absolute Gasteiger partial charge is 0.318 e. The highest BCUT2D eigenvalue weighted by molar-refractivity contribution is 9.40. The zero-order chi connectivity index (χ0) is 13.8. The van der Waals surface area contributed by atoms with Gasteiger partial charge in [-0.3, -0.25) is 4.79 Å². The number of pyridine rings is 1. The van der Waals surface area contributed by atoms with Gasteiger partial charge in [-0.25, -0.2) is 8.78 Å². The average Bonchev–Trinajstić information content (AvgIpc) is 2.25. The third kappa shape index (κ3) is 5.87. The van der Waals surface area contributed by atoms with E-state index in [0.717, 1.165) is 0 Å². The van der Waals surface area contributed by atoms with Crippen molar-refractivity contribution in [1.82, 2.24) is 0 Å². The van der Waals surface area contributed by atoms with Crippen LogP contribution in [0.25, 0.3) is 0 Å². The third-order valence-corrected chi connectivity index (χ3v) is 3.51. The van der Waals surface area contributed by atoms with E-state index >= 15 is 0 Å². The minimum absolute atomic E-state index is 0.140. The molecule has 0 aliphatic rings. The van der Waals surface area contributed by atoms with Crippen LogP contribution < -0.4 is 9.88 Å². The Balaban J connectivity index is 2.70. The summed E-state index contributed by atoms with van der Waals surface area (Å²) in [5.41, 5.74) is 0.592. The van der Waals surface area contributed by atoms with Crippen molar-refractivity contribution in [2.45, 2.75) is 8.69 Å². The molecule has 0 radical (unpaired) electrons. The average molecular weight is 466 g/mol. The van der Waals surface area contributed by atoms with Crippen LogP contribution >= 0.6 is 47.8 Å². The van der Waals surface area contributed by atoms with E-state index < -0.39 is 13.2 Å². The van der Waals surface area contributed by atoms with Crippen molar-refractivity contribution < 1.29 is 18.1 Å². The SMILES string of the molecule is O=C(Nc1ccc[n+](CCS(=O)O)c1)C(Br)(Br)Br. The number of rotatable bonds is 4. The molecule has 1 unspecified atom stereocenters. The zero-order valence-electron chi connectivity index (χ0n) is 8.98. The molecule has 0 spiro atoms. The molecule has 1 heterocycles. The number of nitrogens with one attached hydrogen (secondary N) is 1. The Hall–Kier alpha value is 0.170. The molecule has 0 aliphatic heterocycles. The summed E-state index contributed by atoms with van der Waals surface area (Å²) in [6.07, 6.45) is 3.44. The first-order valence-corrected chi connectivity index (χ1v) is 8.39. The van der Waals surface area contributed by atoms with E-state index in [1.54, 1.807) is 29.1 Å². The summed E-state index contributed by atoms with van der Waals surface area (Å²) in [6.45, 7) is 0.398. The maximum Gasteiger partial charge on any atom is 0.263 e. The van der Waals surface area contributed by atoms with Crippen LogP contribution in [0.15, 0.2) is 24.5 Å². The van der Waals surface area contributed by atoms with Crippen molar-refractivity contribution in [1.29, 1.82) is 0 Å². The van der Waals surface area contributed by atoms with Gasteiger partial charge in [-0.15, -0.1) is 0 Å². The molecular weight excluding hydrogens is 456 g/mol. The molecule has 18 heavy (non-hydrogen) atoms. The van der Waals surface area contributed by atoms with E-state index in [1.807, 2.05) is 0 Å². The molecule has 100 valence electrons. The molecule has 0 saturated heterocycles. The minimum atomic E-state index is -1.83. The molecular formula is C9H10Br3N2O3S+. The Labute approximate surface area is 132 Å². The van der Waals surface area contributed by atoms with Crippen LogP contribution in [0, 0.1) is 0 Å². The van der Waals surface area contributed by atoms with Gasteiger partial charge >= 0.3 is 0 Å². The number of carbonyl (C=O) groups is 1. The highest BCUT2D eigenvalue weighted by Crippen LogP contribution is 2.34. The molecule has 0 saturated carbocycles. The fourth-order valence-corrected chi connectivity index (χ4v) is 1.78. The number of carbonyl (C=O) groups excluding carboxylic acids is 1. The van der Waals surface area contributed by atoms with Crippen molar-refractivity contribution in [3.8, 4) is 0 Å². The fraction of sp³-hybridized carbons (Fsp3) is 0.333. The number of aryl methyl sites for hydroxylation is 1. The molecule has 1 amide bonds. The van der Waals surface area contributed by atoms with Gasteiger partial charge in [-0.05, 0) is 53.9 Å². The lowest BCUT2D eigenvalue weighted by molar-refractivity contribution is -0.691. The second-order valence-corrected chi connectivity index (χ2v) is 11.1. The van der Waals surface area contributed by atoms with Crippen LogP contribution in [0.4, 0.5) is 5.69 Å². The molecule has 0 aliphatic carbocycles. The van der Waals surface area contributed by atoms with Crippen LogP contribution in [0.2, 0.25) is 0 Å². The Morgan fingerprint density at radius 2 is 2.17 bits per heavy atom. The Morgan fingerprint density at radius 1 is 1.50 bits per heavy atom. The van der Waals surface area contributed by atoms with Crippen LogP contribution in [0.5, 0.6) is 0 Å². The first kappa shape index (κ1) is 16.2. The van der Waals surface area contributed by atoms with Crippen LogP contribution in [0.1, 0.15) is 0 Å². The standard InChI is InChI=1S/C9H9Br3N2O3S/c10-9(11,12)8(15)13-7-2-1-3-14(6-7)4-5-18(16)17/h1-3,6H,4-5H2,(H-,13,15,16,17)/p+1. The topological polar surface area (TPSA) is 70.3 Å². The molecule has 5 nitrogen and oxygen atoms in total. The Morgan fingerprint density at radius 3 is 2.72 bits per heavy atom. The number of hydrogen-bond donors (Lipinski definition) is 2. The summed E-state index contributed by atoms with van der Waals surface area (Å²) >= 11 is 7.50.